The van der Waals surface area contributed by atoms with Crippen LogP contribution in [0.1, 0.15) is 11.3 Å². The van der Waals surface area contributed by atoms with Gasteiger partial charge in [0.15, 0.2) is 0 Å². The Balaban J connectivity index is 2.13. The topological polar surface area (TPSA) is 4.93 Å². The summed E-state index contributed by atoms with van der Waals surface area (Å²) >= 11 is 6.10. The van der Waals surface area contributed by atoms with Crippen LogP contribution >= 0.6 is 11.6 Å². The second kappa shape index (κ2) is 4.71. The van der Waals surface area contributed by atoms with Gasteiger partial charge in [-0.3, -0.25) is 0 Å². The van der Waals surface area contributed by atoms with Crippen molar-refractivity contribution in [1.29, 1.82) is 0 Å². The second-order valence-corrected chi connectivity index (χ2v) is 5.04. The number of nitrogens with zero attached hydrogens (tertiary/aromatic N) is 1. The molecule has 1 nitrogen and oxygen atoms in total. The van der Waals surface area contributed by atoms with E-state index in [9.17, 15) is 4.39 Å². The minimum absolute atomic E-state index is 0.260. The van der Waals surface area contributed by atoms with Gasteiger partial charge in [0.2, 0.25) is 0 Å². The second-order valence-electron chi connectivity index (χ2n) is 4.63. The summed E-state index contributed by atoms with van der Waals surface area (Å²) in [6.45, 7) is 2.47. The van der Waals surface area contributed by atoms with E-state index in [1.807, 2.05) is 25.1 Å². The predicted octanol–water partition coefficient (Wildman–Crippen LogP) is 4.79. The fourth-order valence-electron chi connectivity index (χ4n) is 2.40. The summed E-state index contributed by atoms with van der Waals surface area (Å²) < 4.78 is 16.0. The third kappa shape index (κ3) is 2.13. The van der Waals surface area contributed by atoms with E-state index >= 15 is 0 Å². The lowest BCUT2D eigenvalue weighted by Gasteiger charge is -2.11. The van der Waals surface area contributed by atoms with Gasteiger partial charge in [0.25, 0.3) is 0 Å². The zero-order chi connectivity index (χ0) is 13.4. The van der Waals surface area contributed by atoms with E-state index in [1.165, 1.54) is 6.07 Å². The first-order chi connectivity index (χ1) is 9.16. The molecule has 96 valence electrons. The fraction of sp³-hybridized carbons (Fsp3) is 0.125. The maximum atomic E-state index is 13.9. The molecule has 3 rings (SSSR count). The van der Waals surface area contributed by atoms with Gasteiger partial charge < -0.3 is 4.57 Å². The molecule has 0 unspecified atom stereocenters. The lowest BCUT2D eigenvalue weighted by atomic mass is 10.2. The van der Waals surface area contributed by atoms with Crippen LogP contribution in [-0.4, -0.2) is 4.57 Å². The molecule has 0 bridgehead atoms. The molecule has 19 heavy (non-hydrogen) atoms. The van der Waals surface area contributed by atoms with E-state index in [1.54, 1.807) is 12.1 Å². The van der Waals surface area contributed by atoms with Gasteiger partial charge in [0, 0.05) is 21.8 Å². The number of rotatable bonds is 2. The van der Waals surface area contributed by atoms with Crippen molar-refractivity contribution in [3.63, 3.8) is 0 Å². The largest absolute Gasteiger partial charge is 0.340 e. The Kier molecular flexibility index (Phi) is 3.03. The van der Waals surface area contributed by atoms with Gasteiger partial charge in [-0.1, -0.05) is 35.9 Å². The van der Waals surface area contributed by atoms with Crippen molar-refractivity contribution in [2.45, 2.75) is 13.5 Å². The molecule has 3 heteroatoms. The number of aromatic nitrogens is 1. The molecule has 0 saturated heterocycles. The minimum Gasteiger partial charge on any atom is -0.340 e. The van der Waals surface area contributed by atoms with Gasteiger partial charge in [-0.2, -0.15) is 0 Å². The van der Waals surface area contributed by atoms with Crippen LogP contribution in [0.15, 0.2) is 48.5 Å². The third-order valence-electron chi connectivity index (χ3n) is 3.40. The van der Waals surface area contributed by atoms with Crippen LogP contribution < -0.4 is 0 Å². The van der Waals surface area contributed by atoms with Crippen LogP contribution in [0, 0.1) is 12.7 Å². The smallest absolute Gasteiger partial charge is 0.129 e. The first-order valence-corrected chi connectivity index (χ1v) is 6.52. The van der Waals surface area contributed by atoms with E-state index < -0.39 is 0 Å². The van der Waals surface area contributed by atoms with Gasteiger partial charge in [0.05, 0.1) is 6.54 Å². The van der Waals surface area contributed by atoms with E-state index in [-0.39, 0.29) is 5.82 Å². The Morgan fingerprint density at radius 3 is 2.68 bits per heavy atom. The van der Waals surface area contributed by atoms with E-state index in [4.69, 9.17) is 11.6 Å². The zero-order valence-corrected chi connectivity index (χ0v) is 11.3. The zero-order valence-electron chi connectivity index (χ0n) is 10.5. The van der Waals surface area contributed by atoms with Gasteiger partial charge in [-0.15, -0.1) is 0 Å². The molecular weight excluding hydrogens is 261 g/mol. The number of fused-ring (bicyclic) bond motifs is 1. The van der Waals surface area contributed by atoms with Crippen molar-refractivity contribution >= 4 is 22.5 Å². The molecule has 0 amide bonds. The first kappa shape index (κ1) is 12.2. The van der Waals surface area contributed by atoms with Crippen molar-refractivity contribution in [2.75, 3.05) is 0 Å². The van der Waals surface area contributed by atoms with Crippen molar-refractivity contribution < 1.29 is 4.39 Å². The summed E-state index contributed by atoms with van der Waals surface area (Å²) in [5.74, 6) is -0.260. The van der Waals surface area contributed by atoms with Crippen molar-refractivity contribution in [1.82, 2.24) is 4.57 Å². The van der Waals surface area contributed by atoms with Crippen LogP contribution in [0.2, 0.25) is 5.02 Å². The SMILES string of the molecule is Cc1cc2ccccc2n1Cc1c(F)cccc1Cl. The number of benzene rings is 2. The number of hydrogen-bond donors (Lipinski definition) is 0. The van der Waals surface area contributed by atoms with E-state index in [0.717, 1.165) is 16.6 Å². The molecule has 0 aliphatic rings. The normalized spacial score (nSPS) is 11.1. The molecule has 1 heterocycles. The Morgan fingerprint density at radius 1 is 1.11 bits per heavy atom. The lowest BCUT2D eigenvalue weighted by molar-refractivity contribution is 0.600. The summed E-state index contributed by atoms with van der Waals surface area (Å²) in [6, 6.07) is 15.0. The lowest BCUT2D eigenvalue weighted by Crippen LogP contribution is -2.04. The summed E-state index contributed by atoms with van der Waals surface area (Å²) in [7, 11) is 0. The van der Waals surface area contributed by atoms with E-state index in [0.29, 0.717) is 17.1 Å². The summed E-state index contributed by atoms with van der Waals surface area (Å²) in [5.41, 5.74) is 2.73. The van der Waals surface area contributed by atoms with Gasteiger partial charge >= 0.3 is 0 Å². The maximum absolute atomic E-state index is 13.9. The molecule has 0 fully saturated rings. The third-order valence-corrected chi connectivity index (χ3v) is 3.75. The first-order valence-electron chi connectivity index (χ1n) is 6.14. The highest BCUT2D eigenvalue weighted by Crippen LogP contribution is 2.25. The number of hydrogen-bond acceptors (Lipinski definition) is 0. The molecule has 0 radical (unpaired) electrons. The molecule has 0 saturated carbocycles. The van der Waals surface area contributed by atoms with Gasteiger partial charge in [0.1, 0.15) is 5.82 Å². The Labute approximate surface area is 116 Å². The standard InChI is InChI=1S/C16H13ClFN/c1-11-9-12-5-2-3-8-16(12)19(11)10-13-14(17)6-4-7-15(13)18/h2-9H,10H2,1H3. The van der Waals surface area contributed by atoms with Crippen LogP contribution in [0.3, 0.4) is 0 Å². The Morgan fingerprint density at radius 2 is 1.89 bits per heavy atom. The molecular formula is C16H13ClFN. The average molecular weight is 274 g/mol. The number of aryl methyl sites for hydroxylation is 1. The van der Waals surface area contributed by atoms with Crippen molar-refractivity contribution in [3.8, 4) is 0 Å². The Bertz CT molecular complexity index is 725. The predicted molar refractivity (Wildman–Crippen MR) is 77.2 cm³/mol. The van der Waals surface area contributed by atoms with Crippen molar-refractivity contribution in [2.24, 2.45) is 0 Å². The van der Waals surface area contributed by atoms with Gasteiger partial charge in [-0.25, -0.2) is 4.39 Å². The highest BCUT2D eigenvalue weighted by atomic mass is 35.5. The number of halogens is 2. The van der Waals surface area contributed by atoms with Gasteiger partial charge in [-0.05, 0) is 36.6 Å². The van der Waals surface area contributed by atoms with Crippen LogP contribution in [0.25, 0.3) is 10.9 Å². The highest BCUT2D eigenvalue weighted by molar-refractivity contribution is 6.31. The number of para-hydroxylation sites is 1. The molecule has 0 spiro atoms. The van der Waals surface area contributed by atoms with E-state index in [2.05, 4.69) is 16.7 Å². The van der Waals surface area contributed by atoms with Crippen molar-refractivity contribution in [3.05, 3.63) is 70.6 Å². The summed E-state index contributed by atoms with van der Waals surface area (Å²) in [5, 5.41) is 1.63. The molecule has 3 aromatic rings. The summed E-state index contributed by atoms with van der Waals surface area (Å²) in [4.78, 5) is 0. The van der Waals surface area contributed by atoms with Crippen LogP contribution in [0.4, 0.5) is 4.39 Å². The molecule has 0 atom stereocenters. The van der Waals surface area contributed by atoms with Crippen LogP contribution in [0.5, 0.6) is 0 Å². The molecule has 0 N–H and O–H groups in total. The molecule has 0 aliphatic heterocycles. The fourth-order valence-corrected chi connectivity index (χ4v) is 2.62. The minimum atomic E-state index is -0.260. The molecule has 1 aromatic heterocycles. The van der Waals surface area contributed by atoms with Crippen LogP contribution in [-0.2, 0) is 6.54 Å². The highest BCUT2D eigenvalue weighted by Gasteiger charge is 2.11. The maximum Gasteiger partial charge on any atom is 0.129 e. The summed E-state index contributed by atoms with van der Waals surface area (Å²) in [6.07, 6.45) is 0. The Hall–Kier alpha value is -1.80. The molecule has 0 aliphatic carbocycles. The molecule has 2 aromatic carbocycles. The average Bonchev–Trinajstić information content (AvgIpc) is 2.70. The monoisotopic (exact) mass is 273 g/mol. The quantitative estimate of drug-likeness (QED) is 0.633.